The van der Waals surface area contributed by atoms with E-state index in [1.54, 1.807) is 32.5 Å². The maximum Gasteiger partial charge on any atom is 0.266 e. The number of nitrogens with zero attached hydrogens (tertiary/aromatic N) is 2. The molecule has 10 rings (SSSR count). The van der Waals surface area contributed by atoms with Crippen molar-refractivity contribution in [1.29, 1.82) is 0 Å². The number of thioether (sulfide) groups is 2. The first-order chi connectivity index (χ1) is 26.2. The number of thiocarbonyl (C=S) groups is 2. The second kappa shape index (κ2) is 13.4. The van der Waals surface area contributed by atoms with Gasteiger partial charge in [0.2, 0.25) is 0 Å². The minimum absolute atomic E-state index is 0.00160. The molecule has 0 aromatic carbocycles. The van der Waals surface area contributed by atoms with E-state index in [9.17, 15) is 9.59 Å². The minimum atomic E-state index is -0.354. The van der Waals surface area contributed by atoms with E-state index in [4.69, 9.17) is 33.9 Å². The summed E-state index contributed by atoms with van der Waals surface area (Å²) in [6.45, 7) is 5.10. The zero-order chi connectivity index (χ0) is 36.9. The van der Waals surface area contributed by atoms with Gasteiger partial charge in [0.25, 0.3) is 11.8 Å². The zero-order valence-corrected chi connectivity index (χ0v) is 35.1. The standard InChI is InChI=1S/C42H40N2O4S6/c1-3-43-37(45)33(53-39(43)49)21-25-19-29-35(51-25)27-15-23-18-32-28(16-24(23)17-31(27)47-41(29)11-7-5-8-12-41)36-30(42(48-32)13-9-6-10-14-42)20-26(52-36)22-34-38(46)44(4-2)40(50)54-34/h15-24H,3-14H2,1-2H3/b33-21-,34-22+. The maximum absolute atomic E-state index is 13.2. The van der Waals surface area contributed by atoms with E-state index in [2.05, 4.69) is 36.4 Å². The second-order valence-corrected chi connectivity index (χ2v) is 20.8. The molecular weight excluding hydrogens is 789 g/mol. The molecule has 4 aliphatic heterocycles. The summed E-state index contributed by atoms with van der Waals surface area (Å²) in [4.78, 5) is 35.8. The van der Waals surface area contributed by atoms with Crippen LogP contribution in [0.15, 0.2) is 57.8 Å². The molecule has 0 bridgehead atoms. The van der Waals surface area contributed by atoms with E-state index in [1.165, 1.54) is 57.2 Å². The van der Waals surface area contributed by atoms with E-state index < -0.39 is 0 Å². The number of likely N-dealkylation sites (N-methyl/N-ethyl adjacent to an activating group) is 2. The number of amides is 2. The Kier molecular flexibility index (Phi) is 8.87. The summed E-state index contributed by atoms with van der Waals surface area (Å²) in [5.41, 5.74) is 4.16. The fourth-order valence-corrected chi connectivity index (χ4v) is 14.9. The average molecular weight is 829 g/mol. The van der Waals surface area contributed by atoms with E-state index in [0.717, 1.165) is 83.8 Å². The Morgan fingerprint density at radius 3 is 1.44 bits per heavy atom. The largest absolute Gasteiger partial charge is 0.482 e. The summed E-state index contributed by atoms with van der Waals surface area (Å²) in [7, 11) is 0. The molecule has 2 aromatic rings. The van der Waals surface area contributed by atoms with Gasteiger partial charge in [0.15, 0.2) is 0 Å². The number of carbonyl (C=O) groups is 2. The summed E-state index contributed by atoms with van der Waals surface area (Å²) in [6.07, 6.45) is 24.6. The monoisotopic (exact) mass is 828 g/mol. The third kappa shape index (κ3) is 5.59. The third-order valence-corrected chi connectivity index (χ3v) is 17.2. The molecule has 54 heavy (non-hydrogen) atoms. The van der Waals surface area contributed by atoms with Gasteiger partial charge in [-0.3, -0.25) is 19.4 Å². The van der Waals surface area contributed by atoms with Crippen LogP contribution in [0.25, 0.3) is 23.3 Å². The van der Waals surface area contributed by atoms with Crippen LogP contribution in [-0.2, 0) is 30.3 Å². The maximum atomic E-state index is 13.2. The SMILES string of the molecule is CCN1C(=O)/C(=C/c2cc3c(s2)C2=CC4C=C5OC6(CCCCC6)c6cc(/C=C7/SC(=S)N(CC)C7=O)sc6C5=CC4C=C2OC32CCCCC2)SC1=S. The van der Waals surface area contributed by atoms with Crippen LogP contribution in [0, 0.1) is 11.8 Å². The Balaban J connectivity index is 1.04. The van der Waals surface area contributed by atoms with Crippen LogP contribution in [0.5, 0.6) is 0 Å². The lowest BCUT2D eigenvalue weighted by Gasteiger charge is -2.46. The number of hydrogen-bond donors (Lipinski definition) is 0. The highest BCUT2D eigenvalue weighted by atomic mass is 32.2. The molecule has 2 saturated carbocycles. The quantitative estimate of drug-likeness (QED) is 0.223. The highest BCUT2D eigenvalue weighted by Gasteiger charge is 2.49. The Morgan fingerprint density at radius 1 is 0.667 bits per heavy atom. The Bertz CT molecular complexity index is 2080. The molecule has 4 fully saturated rings. The van der Waals surface area contributed by atoms with E-state index in [-0.39, 0.29) is 34.9 Å². The smallest absolute Gasteiger partial charge is 0.266 e. The number of rotatable bonds is 4. The molecule has 6 nitrogen and oxygen atoms in total. The zero-order valence-electron chi connectivity index (χ0n) is 30.2. The van der Waals surface area contributed by atoms with Crippen LogP contribution in [0.1, 0.15) is 109 Å². The summed E-state index contributed by atoms with van der Waals surface area (Å²) >= 11 is 17.4. The van der Waals surface area contributed by atoms with Crippen molar-refractivity contribution in [2.24, 2.45) is 11.8 Å². The molecule has 8 aliphatic rings. The summed E-state index contributed by atoms with van der Waals surface area (Å²) in [6, 6.07) is 4.58. The van der Waals surface area contributed by atoms with Crippen molar-refractivity contribution in [2.75, 3.05) is 13.1 Å². The molecule has 2 atom stereocenters. The Hall–Kier alpha value is -2.74. The van der Waals surface area contributed by atoms with Crippen molar-refractivity contribution in [3.05, 3.63) is 88.4 Å². The summed E-state index contributed by atoms with van der Waals surface area (Å²) in [5.74, 6) is 2.22. The topological polar surface area (TPSA) is 59.1 Å². The molecule has 2 unspecified atom stereocenters. The molecule has 2 spiro atoms. The van der Waals surface area contributed by atoms with Crippen molar-refractivity contribution in [1.82, 2.24) is 9.80 Å². The molecule has 278 valence electrons. The van der Waals surface area contributed by atoms with Crippen molar-refractivity contribution >= 4 is 114 Å². The molecular formula is C42H40N2O4S6. The molecule has 4 aliphatic carbocycles. The lowest BCUT2D eigenvalue weighted by molar-refractivity contribution is -0.122. The lowest BCUT2D eigenvalue weighted by Crippen LogP contribution is -2.37. The number of fused-ring (bicyclic) bond motifs is 9. The van der Waals surface area contributed by atoms with Gasteiger partial charge in [0, 0.05) is 66.7 Å². The van der Waals surface area contributed by atoms with Gasteiger partial charge in [-0.1, -0.05) is 73.0 Å². The van der Waals surface area contributed by atoms with E-state index in [1.807, 2.05) is 26.0 Å². The molecule has 0 N–H and O–H groups in total. The molecule has 6 heterocycles. The number of thiophene rings is 2. The average Bonchev–Trinajstić information content (AvgIpc) is 3.92. The molecule has 0 radical (unpaired) electrons. The van der Waals surface area contributed by atoms with Crippen LogP contribution < -0.4 is 0 Å². The van der Waals surface area contributed by atoms with Crippen LogP contribution in [0.2, 0.25) is 0 Å². The number of carbonyl (C=O) groups excluding carboxylic acids is 2. The van der Waals surface area contributed by atoms with Crippen molar-refractivity contribution < 1.29 is 19.1 Å². The van der Waals surface area contributed by atoms with Gasteiger partial charge in [-0.25, -0.2) is 0 Å². The van der Waals surface area contributed by atoms with Crippen molar-refractivity contribution in [3.8, 4) is 0 Å². The molecule has 2 amide bonds. The second-order valence-electron chi connectivity index (χ2n) is 15.3. The summed E-state index contributed by atoms with van der Waals surface area (Å²) < 4.78 is 15.7. The predicted octanol–water partition coefficient (Wildman–Crippen LogP) is 11.1. The normalized spacial score (nSPS) is 27.9. The first kappa shape index (κ1) is 35.7. The number of allylic oxidation sites excluding steroid dienone is 6. The first-order valence-electron chi connectivity index (χ1n) is 19.3. The molecule has 2 aromatic heterocycles. The lowest BCUT2D eigenvalue weighted by atomic mass is 9.72. The highest BCUT2D eigenvalue weighted by Crippen LogP contribution is 2.59. The predicted molar refractivity (Wildman–Crippen MR) is 231 cm³/mol. The van der Waals surface area contributed by atoms with E-state index in [0.29, 0.717) is 31.5 Å². The molecule has 12 heteroatoms. The van der Waals surface area contributed by atoms with Gasteiger partial charge in [-0.2, -0.15) is 0 Å². The number of ether oxygens (including phenoxy) is 2. The highest BCUT2D eigenvalue weighted by molar-refractivity contribution is 8.27. The van der Waals surface area contributed by atoms with Crippen LogP contribution in [-0.4, -0.2) is 43.3 Å². The number of hydrogen-bond acceptors (Lipinski definition) is 10. The van der Waals surface area contributed by atoms with Crippen LogP contribution >= 0.6 is 70.6 Å². The van der Waals surface area contributed by atoms with Gasteiger partial charge >= 0.3 is 0 Å². The van der Waals surface area contributed by atoms with Crippen LogP contribution in [0.4, 0.5) is 0 Å². The van der Waals surface area contributed by atoms with Crippen molar-refractivity contribution in [3.63, 3.8) is 0 Å². The van der Waals surface area contributed by atoms with Gasteiger partial charge in [0.1, 0.15) is 31.4 Å². The van der Waals surface area contributed by atoms with Gasteiger partial charge < -0.3 is 9.47 Å². The van der Waals surface area contributed by atoms with Gasteiger partial charge in [-0.05, 0) is 102 Å². The molecule has 2 saturated heterocycles. The Morgan fingerprint density at radius 2 is 1.07 bits per heavy atom. The fraction of sp³-hybridized carbons (Fsp3) is 0.429. The van der Waals surface area contributed by atoms with E-state index >= 15 is 0 Å². The van der Waals surface area contributed by atoms with Crippen molar-refractivity contribution in [2.45, 2.75) is 89.3 Å². The van der Waals surface area contributed by atoms with Gasteiger partial charge in [0.05, 0.1) is 9.81 Å². The Labute approximate surface area is 343 Å². The summed E-state index contributed by atoms with van der Waals surface area (Å²) in [5, 5.41) is 0. The third-order valence-electron chi connectivity index (χ3n) is 12.2. The minimum Gasteiger partial charge on any atom is -0.482 e. The first-order valence-corrected chi connectivity index (χ1v) is 23.3. The van der Waals surface area contributed by atoms with Gasteiger partial charge in [-0.15, -0.1) is 22.7 Å². The fourth-order valence-electron chi connectivity index (χ4n) is 9.53. The van der Waals surface area contributed by atoms with Crippen LogP contribution in [0.3, 0.4) is 0 Å².